The maximum absolute atomic E-state index is 11.2. The molecule has 3 heteroatoms. The third kappa shape index (κ3) is 5.22. The highest BCUT2D eigenvalue weighted by Crippen LogP contribution is 2.16. The first-order valence-corrected chi connectivity index (χ1v) is 5.49. The fourth-order valence-corrected chi connectivity index (χ4v) is 1.45. The monoisotopic (exact) mass is 202 g/mol. The summed E-state index contributed by atoms with van der Waals surface area (Å²) in [6.45, 7) is 6.45. The van der Waals surface area contributed by atoms with Crippen LogP contribution >= 0.6 is 0 Å². The molecule has 0 saturated carbocycles. The highest BCUT2D eigenvalue weighted by atomic mass is 16.5. The number of rotatable bonds is 7. The molecule has 0 spiro atoms. The Labute approximate surface area is 86.5 Å². The van der Waals surface area contributed by atoms with Gasteiger partial charge in [-0.3, -0.25) is 4.79 Å². The molecule has 0 fully saturated rings. The van der Waals surface area contributed by atoms with E-state index in [1.165, 1.54) is 0 Å². The molecular formula is C11H22O3. The first-order chi connectivity index (χ1) is 6.65. The van der Waals surface area contributed by atoms with Gasteiger partial charge in [-0.05, 0) is 12.3 Å². The molecule has 0 bridgehead atoms. The molecule has 84 valence electrons. The molecule has 0 rings (SSSR count). The number of aliphatic hydroxyl groups is 1. The van der Waals surface area contributed by atoms with Crippen molar-refractivity contribution < 1.29 is 14.6 Å². The van der Waals surface area contributed by atoms with E-state index in [-0.39, 0.29) is 18.3 Å². The van der Waals surface area contributed by atoms with Gasteiger partial charge in [-0.1, -0.05) is 33.6 Å². The standard InChI is InChI=1S/C11H22O3/c1-4-7-14-11(13)8-10(12)9(5-2)6-3/h9-10,12H,4-8H2,1-3H3. The summed E-state index contributed by atoms with van der Waals surface area (Å²) in [5.41, 5.74) is 0. The number of ether oxygens (including phenoxy) is 1. The van der Waals surface area contributed by atoms with E-state index in [0.717, 1.165) is 19.3 Å². The number of hydrogen-bond acceptors (Lipinski definition) is 3. The molecule has 0 heterocycles. The zero-order valence-electron chi connectivity index (χ0n) is 9.45. The highest BCUT2D eigenvalue weighted by molar-refractivity contribution is 5.69. The third-order valence-electron chi connectivity index (χ3n) is 2.44. The highest BCUT2D eigenvalue weighted by Gasteiger charge is 2.19. The van der Waals surface area contributed by atoms with Crippen molar-refractivity contribution >= 4 is 5.97 Å². The summed E-state index contributed by atoms with van der Waals surface area (Å²) < 4.78 is 4.90. The van der Waals surface area contributed by atoms with Crippen LogP contribution in [0.25, 0.3) is 0 Å². The molecular weight excluding hydrogens is 180 g/mol. The molecule has 14 heavy (non-hydrogen) atoms. The SMILES string of the molecule is CCCOC(=O)CC(O)C(CC)CC. The number of carbonyl (C=O) groups is 1. The smallest absolute Gasteiger partial charge is 0.308 e. The average Bonchev–Trinajstić information content (AvgIpc) is 2.16. The molecule has 0 aromatic rings. The molecule has 0 aromatic carbocycles. The van der Waals surface area contributed by atoms with Crippen LogP contribution in [0.3, 0.4) is 0 Å². The maximum atomic E-state index is 11.2. The normalized spacial score (nSPS) is 12.9. The number of hydrogen-bond donors (Lipinski definition) is 1. The predicted molar refractivity (Wildman–Crippen MR) is 55.9 cm³/mol. The second-order valence-electron chi connectivity index (χ2n) is 3.57. The second kappa shape index (κ2) is 7.80. The first kappa shape index (κ1) is 13.4. The van der Waals surface area contributed by atoms with Crippen molar-refractivity contribution in [2.45, 2.75) is 52.6 Å². The molecule has 1 atom stereocenters. The van der Waals surface area contributed by atoms with E-state index in [9.17, 15) is 9.90 Å². The van der Waals surface area contributed by atoms with E-state index in [2.05, 4.69) is 0 Å². The minimum Gasteiger partial charge on any atom is -0.466 e. The van der Waals surface area contributed by atoms with E-state index >= 15 is 0 Å². The first-order valence-electron chi connectivity index (χ1n) is 5.49. The van der Waals surface area contributed by atoms with Gasteiger partial charge >= 0.3 is 5.97 Å². The topological polar surface area (TPSA) is 46.5 Å². The van der Waals surface area contributed by atoms with Gasteiger partial charge in [0.15, 0.2) is 0 Å². The molecule has 0 amide bonds. The van der Waals surface area contributed by atoms with Crippen molar-refractivity contribution in [1.29, 1.82) is 0 Å². The van der Waals surface area contributed by atoms with Crippen LogP contribution in [0.2, 0.25) is 0 Å². The van der Waals surface area contributed by atoms with E-state index in [1.807, 2.05) is 20.8 Å². The van der Waals surface area contributed by atoms with Gasteiger partial charge in [0.1, 0.15) is 0 Å². The zero-order valence-corrected chi connectivity index (χ0v) is 9.45. The molecule has 3 nitrogen and oxygen atoms in total. The van der Waals surface area contributed by atoms with Gasteiger partial charge in [0.25, 0.3) is 0 Å². The van der Waals surface area contributed by atoms with Crippen molar-refractivity contribution in [2.24, 2.45) is 5.92 Å². The molecule has 0 saturated heterocycles. The van der Waals surface area contributed by atoms with E-state index in [4.69, 9.17) is 4.74 Å². The Balaban J connectivity index is 3.79. The van der Waals surface area contributed by atoms with E-state index < -0.39 is 6.10 Å². The Kier molecular flexibility index (Phi) is 7.48. The summed E-state index contributed by atoms with van der Waals surface area (Å²) in [6.07, 6.45) is 2.21. The molecule has 0 aromatic heterocycles. The third-order valence-corrected chi connectivity index (χ3v) is 2.44. The van der Waals surface area contributed by atoms with Crippen molar-refractivity contribution in [1.82, 2.24) is 0 Å². The van der Waals surface area contributed by atoms with Crippen LogP contribution in [0.15, 0.2) is 0 Å². The van der Waals surface area contributed by atoms with E-state index in [0.29, 0.717) is 6.61 Å². The van der Waals surface area contributed by atoms with Gasteiger partial charge in [0, 0.05) is 0 Å². The van der Waals surface area contributed by atoms with Crippen molar-refractivity contribution in [3.8, 4) is 0 Å². The van der Waals surface area contributed by atoms with Crippen LogP contribution in [0.5, 0.6) is 0 Å². The summed E-state index contributed by atoms with van der Waals surface area (Å²) in [6, 6.07) is 0. The molecule has 0 aliphatic heterocycles. The number of carbonyl (C=O) groups excluding carboxylic acids is 1. The van der Waals surface area contributed by atoms with Crippen LogP contribution in [-0.4, -0.2) is 23.8 Å². The summed E-state index contributed by atoms with van der Waals surface area (Å²) in [4.78, 5) is 11.2. The van der Waals surface area contributed by atoms with Crippen molar-refractivity contribution in [3.63, 3.8) is 0 Å². The van der Waals surface area contributed by atoms with E-state index in [1.54, 1.807) is 0 Å². The minimum atomic E-state index is -0.547. The number of esters is 1. The molecule has 0 aliphatic rings. The predicted octanol–water partition coefficient (Wildman–Crippen LogP) is 2.13. The molecule has 0 radical (unpaired) electrons. The Bertz CT molecular complexity index is 153. The quantitative estimate of drug-likeness (QED) is 0.643. The largest absolute Gasteiger partial charge is 0.466 e. The Morgan fingerprint density at radius 2 is 1.86 bits per heavy atom. The van der Waals surface area contributed by atoms with Gasteiger partial charge < -0.3 is 9.84 Å². The second-order valence-corrected chi connectivity index (χ2v) is 3.57. The van der Waals surface area contributed by atoms with Gasteiger partial charge in [-0.15, -0.1) is 0 Å². The van der Waals surface area contributed by atoms with Crippen LogP contribution in [0.1, 0.15) is 46.5 Å². The van der Waals surface area contributed by atoms with Gasteiger partial charge in [-0.2, -0.15) is 0 Å². The van der Waals surface area contributed by atoms with Gasteiger partial charge in [0.2, 0.25) is 0 Å². The maximum Gasteiger partial charge on any atom is 0.308 e. The lowest BCUT2D eigenvalue weighted by Crippen LogP contribution is -2.24. The summed E-state index contributed by atoms with van der Waals surface area (Å²) in [5.74, 6) is -0.0737. The lowest BCUT2D eigenvalue weighted by molar-refractivity contribution is -0.146. The van der Waals surface area contributed by atoms with Crippen LogP contribution in [-0.2, 0) is 9.53 Å². The summed E-state index contributed by atoms with van der Waals surface area (Å²) in [7, 11) is 0. The van der Waals surface area contributed by atoms with Gasteiger partial charge in [-0.25, -0.2) is 0 Å². The Hall–Kier alpha value is -0.570. The molecule has 1 unspecified atom stereocenters. The van der Waals surface area contributed by atoms with Crippen LogP contribution in [0, 0.1) is 5.92 Å². The average molecular weight is 202 g/mol. The number of aliphatic hydroxyl groups excluding tert-OH is 1. The summed E-state index contributed by atoms with van der Waals surface area (Å²) >= 11 is 0. The Morgan fingerprint density at radius 3 is 2.29 bits per heavy atom. The lowest BCUT2D eigenvalue weighted by Gasteiger charge is -2.18. The zero-order chi connectivity index (χ0) is 11.0. The molecule has 0 aliphatic carbocycles. The Morgan fingerprint density at radius 1 is 1.29 bits per heavy atom. The van der Waals surface area contributed by atoms with Crippen LogP contribution < -0.4 is 0 Å². The minimum absolute atomic E-state index is 0.131. The lowest BCUT2D eigenvalue weighted by atomic mass is 9.94. The van der Waals surface area contributed by atoms with Crippen LogP contribution in [0.4, 0.5) is 0 Å². The van der Waals surface area contributed by atoms with Gasteiger partial charge in [0.05, 0.1) is 19.1 Å². The summed E-state index contributed by atoms with van der Waals surface area (Å²) in [5, 5.41) is 9.68. The fraction of sp³-hybridized carbons (Fsp3) is 0.909. The fourth-order valence-electron chi connectivity index (χ4n) is 1.45. The molecule has 1 N–H and O–H groups in total. The van der Waals surface area contributed by atoms with Crippen molar-refractivity contribution in [2.75, 3.05) is 6.61 Å². The van der Waals surface area contributed by atoms with Crippen molar-refractivity contribution in [3.05, 3.63) is 0 Å².